The van der Waals surface area contributed by atoms with Crippen LogP contribution < -0.4 is 0 Å². The molecule has 0 aliphatic carbocycles. The molecule has 0 amide bonds. The molecular weight excluding hydrogens is 256 g/mol. The maximum absolute atomic E-state index is 11.6. The van der Waals surface area contributed by atoms with Gasteiger partial charge in [-0.05, 0) is 42.8 Å². The quantitative estimate of drug-likeness (QED) is 0.362. The number of phenolic OH excluding ortho intramolecular Hbond substituents is 1. The van der Waals surface area contributed by atoms with Crippen molar-refractivity contribution in [2.45, 2.75) is 13.3 Å². The summed E-state index contributed by atoms with van der Waals surface area (Å²) in [5.74, 6) is -0.239. The molecule has 0 saturated heterocycles. The van der Waals surface area contributed by atoms with Crippen molar-refractivity contribution in [3.05, 3.63) is 66.0 Å². The molecule has 0 spiro atoms. The van der Waals surface area contributed by atoms with E-state index in [2.05, 4.69) is 6.58 Å². The molecule has 0 saturated carbocycles. The third-order valence-corrected chi connectivity index (χ3v) is 2.60. The third-order valence-electron chi connectivity index (χ3n) is 2.60. The van der Waals surface area contributed by atoms with Crippen molar-refractivity contribution in [1.82, 2.24) is 0 Å². The van der Waals surface area contributed by atoms with Crippen molar-refractivity contribution in [3.8, 4) is 5.75 Å². The largest absolute Gasteiger partial charge is 0.508 e. The van der Waals surface area contributed by atoms with Crippen LogP contribution in [0.3, 0.4) is 0 Å². The number of ether oxygens (including phenoxy) is 1. The molecule has 0 aliphatic rings. The van der Waals surface area contributed by atoms with Crippen LogP contribution in [0.5, 0.6) is 5.75 Å². The lowest BCUT2D eigenvalue weighted by Crippen LogP contribution is -2.08. The molecule has 0 radical (unpaired) electrons. The SMILES string of the molecule is C=C/C(O)=C\C=C(/C)C(=O)OCCc1ccc(O)cc1. The summed E-state index contributed by atoms with van der Waals surface area (Å²) in [7, 11) is 0. The molecule has 1 aromatic carbocycles. The zero-order valence-electron chi connectivity index (χ0n) is 11.4. The summed E-state index contributed by atoms with van der Waals surface area (Å²) in [5, 5.41) is 18.3. The number of carbonyl (C=O) groups is 1. The summed E-state index contributed by atoms with van der Waals surface area (Å²) in [4.78, 5) is 11.6. The third kappa shape index (κ3) is 5.44. The second kappa shape index (κ2) is 7.84. The summed E-state index contributed by atoms with van der Waals surface area (Å²) in [6.45, 7) is 5.25. The van der Waals surface area contributed by atoms with E-state index in [0.717, 1.165) is 5.56 Å². The summed E-state index contributed by atoms with van der Waals surface area (Å²) in [5.41, 5.74) is 1.37. The van der Waals surface area contributed by atoms with Gasteiger partial charge in [-0.2, -0.15) is 0 Å². The Morgan fingerprint density at radius 1 is 1.30 bits per heavy atom. The van der Waals surface area contributed by atoms with E-state index < -0.39 is 5.97 Å². The van der Waals surface area contributed by atoms with Gasteiger partial charge in [0.15, 0.2) is 0 Å². The molecule has 0 aliphatic heterocycles. The van der Waals surface area contributed by atoms with Crippen LogP contribution in [-0.2, 0) is 16.0 Å². The molecule has 0 fully saturated rings. The number of aliphatic hydroxyl groups excluding tert-OH is 1. The van der Waals surface area contributed by atoms with Gasteiger partial charge in [0, 0.05) is 12.0 Å². The monoisotopic (exact) mass is 274 g/mol. The Kier molecular flexibility index (Phi) is 6.10. The molecule has 0 bridgehead atoms. The Labute approximate surface area is 118 Å². The van der Waals surface area contributed by atoms with Gasteiger partial charge in [-0.15, -0.1) is 0 Å². The first-order valence-corrected chi connectivity index (χ1v) is 6.18. The van der Waals surface area contributed by atoms with Gasteiger partial charge in [0.2, 0.25) is 0 Å². The molecule has 1 rings (SSSR count). The van der Waals surface area contributed by atoms with Crippen LogP contribution in [0.1, 0.15) is 12.5 Å². The first kappa shape index (κ1) is 15.6. The lowest BCUT2D eigenvalue weighted by molar-refractivity contribution is -0.138. The number of hydrogen-bond donors (Lipinski definition) is 2. The van der Waals surface area contributed by atoms with Crippen LogP contribution in [0.4, 0.5) is 0 Å². The maximum atomic E-state index is 11.6. The molecule has 0 unspecified atom stereocenters. The highest BCUT2D eigenvalue weighted by Crippen LogP contribution is 2.10. The molecule has 20 heavy (non-hydrogen) atoms. The van der Waals surface area contributed by atoms with E-state index in [0.29, 0.717) is 12.0 Å². The summed E-state index contributed by atoms with van der Waals surface area (Å²) in [6.07, 6.45) is 4.70. The van der Waals surface area contributed by atoms with Crippen molar-refractivity contribution >= 4 is 5.97 Å². The van der Waals surface area contributed by atoms with Crippen LogP contribution in [0.2, 0.25) is 0 Å². The van der Waals surface area contributed by atoms with Gasteiger partial charge < -0.3 is 14.9 Å². The normalized spacial score (nSPS) is 12.1. The summed E-state index contributed by atoms with van der Waals surface area (Å²) >= 11 is 0. The highest BCUT2D eigenvalue weighted by molar-refractivity contribution is 5.88. The molecule has 4 heteroatoms. The molecule has 1 aromatic rings. The lowest BCUT2D eigenvalue weighted by atomic mass is 10.1. The van der Waals surface area contributed by atoms with Crippen LogP contribution >= 0.6 is 0 Å². The van der Waals surface area contributed by atoms with Gasteiger partial charge in [-0.3, -0.25) is 0 Å². The average molecular weight is 274 g/mol. The Balaban J connectivity index is 2.43. The zero-order valence-corrected chi connectivity index (χ0v) is 11.4. The van der Waals surface area contributed by atoms with Crippen molar-refractivity contribution in [2.75, 3.05) is 6.61 Å². The fourth-order valence-corrected chi connectivity index (χ4v) is 1.38. The minimum atomic E-state index is -0.433. The van der Waals surface area contributed by atoms with E-state index in [4.69, 9.17) is 14.9 Å². The standard InChI is InChI=1S/C16H18O4/c1-3-14(17)7-4-12(2)16(19)20-11-10-13-5-8-15(18)9-6-13/h3-9,17-18H,1,10-11H2,2H3/b12-4+,14-7+. The van der Waals surface area contributed by atoms with E-state index in [1.807, 2.05) is 0 Å². The minimum absolute atomic E-state index is 0.0127. The van der Waals surface area contributed by atoms with Crippen LogP contribution in [0.25, 0.3) is 0 Å². The van der Waals surface area contributed by atoms with E-state index in [1.54, 1.807) is 31.2 Å². The number of aromatic hydroxyl groups is 1. The number of aliphatic hydroxyl groups is 1. The smallest absolute Gasteiger partial charge is 0.333 e. The molecule has 0 atom stereocenters. The highest BCUT2D eigenvalue weighted by Gasteiger charge is 2.04. The molecule has 2 N–H and O–H groups in total. The number of benzene rings is 1. The molecule has 106 valence electrons. The second-order valence-corrected chi connectivity index (χ2v) is 4.20. The van der Waals surface area contributed by atoms with E-state index >= 15 is 0 Å². The Morgan fingerprint density at radius 3 is 2.55 bits per heavy atom. The van der Waals surface area contributed by atoms with Crippen LogP contribution in [-0.4, -0.2) is 22.8 Å². The van der Waals surface area contributed by atoms with Crippen molar-refractivity contribution in [3.63, 3.8) is 0 Å². The average Bonchev–Trinajstić information content (AvgIpc) is 2.46. The fraction of sp³-hybridized carbons (Fsp3) is 0.188. The number of esters is 1. The first-order valence-electron chi connectivity index (χ1n) is 6.18. The fourth-order valence-electron chi connectivity index (χ4n) is 1.38. The molecule has 4 nitrogen and oxygen atoms in total. The lowest BCUT2D eigenvalue weighted by Gasteiger charge is -2.05. The predicted octanol–water partition coefficient (Wildman–Crippen LogP) is 3.05. The minimum Gasteiger partial charge on any atom is -0.508 e. The maximum Gasteiger partial charge on any atom is 0.333 e. The highest BCUT2D eigenvalue weighted by atomic mass is 16.5. The Morgan fingerprint density at radius 2 is 1.95 bits per heavy atom. The van der Waals surface area contributed by atoms with Gasteiger partial charge in [0.1, 0.15) is 11.5 Å². The van der Waals surface area contributed by atoms with Crippen molar-refractivity contribution < 1.29 is 19.7 Å². The molecule has 0 aromatic heterocycles. The second-order valence-electron chi connectivity index (χ2n) is 4.20. The number of carbonyl (C=O) groups excluding carboxylic acids is 1. The first-order chi connectivity index (χ1) is 9.52. The van der Waals surface area contributed by atoms with Gasteiger partial charge >= 0.3 is 5.97 Å². The van der Waals surface area contributed by atoms with E-state index in [1.165, 1.54) is 18.2 Å². The van der Waals surface area contributed by atoms with Crippen molar-refractivity contribution in [1.29, 1.82) is 0 Å². The zero-order chi connectivity index (χ0) is 15.0. The Hall–Kier alpha value is -2.49. The van der Waals surface area contributed by atoms with E-state index in [9.17, 15) is 4.79 Å². The van der Waals surface area contributed by atoms with E-state index in [-0.39, 0.29) is 18.1 Å². The number of allylic oxidation sites excluding steroid dienone is 3. The molecular formula is C16H18O4. The van der Waals surface area contributed by atoms with Gasteiger partial charge in [0.25, 0.3) is 0 Å². The summed E-state index contributed by atoms with van der Waals surface area (Å²) in [6, 6.07) is 6.73. The number of rotatable bonds is 6. The van der Waals surface area contributed by atoms with Gasteiger partial charge in [0.05, 0.1) is 6.61 Å². The predicted molar refractivity (Wildman–Crippen MR) is 77.4 cm³/mol. The summed E-state index contributed by atoms with van der Waals surface area (Å²) < 4.78 is 5.10. The molecule has 0 heterocycles. The van der Waals surface area contributed by atoms with Gasteiger partial charge in [-0.1, -0.05) is 18.7 Å². The topological polar surface area (TPSA) is 66.8 Å². The Bertz CT molecular complexity index is 524. The van der Waals surface area contributed by atoms with Crippen molar-refractivity contribution in [2.24, 2.45) is 0 Å². The van der Waals surface area contributed by atoms with Crippen LogP contribution in [0, 0.1) is 0 Å². The van der Waals surface area contributed by atoms with Crippen LogP contribution in [0.15, 0.2) is 60.4 Å². The van der Waals surface area contributed by atoms with Gasteiger partial charge in [-0.25, -0.2) is 4.79 Å². The number of hydrogen-bond acceptors (Lipinski definition) is 4. The number of phenols is 1.